The summed E-state index contributed by atoms with van der Waals surface area (Å²) in [5.74, 6) is -0.724. The molecule has 6 rings (SSSR count). The normalized spacial score (nSPS) is 50.3. The van der Waals surface area contributed by atoms with E-state index in [0.717, 1.165) is 24.8 Å². The number of allylic oxidation sites excluding steroid dienone is 4. The average Bonchev–Trinajstić information content (AvgIpc) is 3.21. The van der Waals surface area contributed by atoms with E-state index in [1.807, 2.05) is 19.1 Å². The van der Waals surface area contributed by atoms with Gasteiger partial charge in [-0.05, 0) is 63.5 Å². The minimum Gasteiger partial charge on any atom is -0.504 e. The van der Waals surface area contributed by atoms with Crippen LogP contribution in [0, 0.1) is 33.5 Å². The first-order valence-electron chi connectivity index (χ1n) is 11.8. The monoisotopic (exact) mass is 437 g/mol. The average molecular weight is 438 g/mol. The van der Waals surface area contributed by atoms with Crippen molar-refractivity contribution in [3.05, 3.63) is 35.1 Å². The molecule has 4 aliphatic carbocycles. The number of nitrogens with one attached hydrogen (secondary N) is 1. The molecule has 0 radical (unpaired) electrons. The van der Waals surface area contributed by atoms with Crippen LogP contribution in [-0.4, -0.2) is 40.8 Å². The van der Waals surface area contributed by atoms with Crippen molar-refractivity contribution in [2.45, 2.75) is 65.6 Å². The van der Waals surface area contributed by atoms with Crippen LogP contribution in [0.3, 0.4) is 0 Å². The van der Waals surface area contributed by atoms with Gasteiger partial charge < -0.3 is 15.2 Å². The molecule has 2 heterocycles. The summed E-state index contributed by atoms with van der Waals surface area (Å²) in [4.78, 5) is 39.3. The van der Waals surface area contributed by atoms with Gasteiger partial charge in [-0.3, -0.25) is 14.4 Å². The highest BCUT2D eigenvalue weighted by molar-refractivity contribution is 6.06. The molecule has 32 heavy (non-hydrogen) atoms. The van der Waals surface area contributed by atoms with Crippen molar-refractivity contribution in [3.63, 3.8) is 0 Å². The van der Waals surface area contributed by atoms with E-state index in [9.17, 15) is 19.5 Å². The molecule has 2 N–H and O–H groups in total. The Morgan fingerprint density at radius 1 is 1.12 bits per heavy atom. The number of ether oxygens (including phenoxy) is 1. The van der Waals surface area contributed by atoms with E-state index in [-0.39, 0.29) is 46.6 Å². The lowest BCUT2D eigenvalue weighted by Crippen LogP contribution is -2.66. The first kappa shape index (κ1) is 20.4. The van der Waals surface area contributed by atoms with Gasteiger partial charge in [0.15, 0.2) is 11.5 Å². The summed E-state index contributed by atoms with van der Waals surface area (Å²) in [7, 11) is 0. The van der Waals surface area contributed by atoms with Gasteiger partial charge in [-0.2, -0.15) is 0 Å². The van der Waals surface area contributed by atoms with E-state index in [1.54, 1.807) is 19.9 Å². The number of amides is 1. The minimum absolute atomic E-state index is 0.0117. The van der Waals surface area contributed by atoms with E-state index in [2.05, 4.69) is 19.2 Å². The second kappa shape index (κ2) is 5.46. The summed E-state index contributed by atoms with van der Waals surface area (Å²) in [5, 5.41) is 14.3. The predicted octanol–water partition coefficient (Wildman–Crippen LogP) is 3.19. The zero-order valence-corrected chi connectivity index (χ0v) is 19.4. The molecular weight excluding hydrogens is 406 g/mol. The number of hydrogen-bond donors (Lipinski definition) is 2. The predicted molar refractivity (Wildman–Crippen MR) is 116 cm³/mol. The second-order valence-corrected chi connectivity index (χ2v) is 11.9. The molecular formula is C26H31NO5. The molecule has 7 atom stereocenters. The Bertz CT molecular complexity index is 1110. The van der Waals surface area contributed by atoms with E-state index in [4.69, 9.17) is 4.74 Å². The van der Waals surface area contributed by atoms with E-state index in [1.165, 1.54) is 0 Å². The van der Waals surface area contributed by atoms with Crippen LogP contribution in [0.25, 0.3) is 0 Å². The Balaban J connectivity index is 1.54. The van der Waals surface area contributed by atoms with Crippen LogP contribution in [0.1, 0.15) is 53.9 Å². The van der Waals surface area contributed by atoms with Crippen molar-refractivity contribution in [2.75, 3.05) is 6.54 Å². The third-order valence-corrected chi connectivity index (χ3v) is 10.4. The number of rotatable bonds is 1. The van der Waals surface area contributed by atoms with Crippen LogP contribution in [0.5, 0.6) is 0 Å². The number of hydrogen-bond acceptors (Lipinski definition) is 5. The van der Waals surface area contributed by atoms with Gasteiger partial charge in [0.2, 0.25) is 11.7 Å². The molecule has 6 nitrogen and oxygen atoms in total. The Kier molecular flexibility index (Phi) is 3.48. The Hall–Kier alpha value is -2.21. The van der Waals surface area contributed by atoms with Crippen LogP contribution in [0.4, 0.5) is 0 Å². The Labute approximate surface area is 188 Å². The van der Waals surface area contributed by atoms with E-state index >= 15 is 0 Å². The van der Waals surface area contributed by atoms with Crippen molar-refractivity contribution >= 4 is 17.5 Å². The summed E-state index contributed by atoms with van der Waals surface area (Å²) in [6.45, 7) is 10.4. The number of fused-ring (bicyclic) bond motifs is 3. The van der Waals surface area contributed by atoms with Gasteiger partial charge in [0.1, 0.15) is 5.60 Å². The summed E-state index contributed by atoms with van der Waals surface area (Å²) in [6.07, 6.45) is 7.75. The highest BCUT2D eigenvalue weighted by Gasteiger charge is 2.87. The fraction of sp³-hybridized carbons (Fsp3) is 0.654. The maximum absolute atomic E-state index is 14.1. The zero-order chi connectivity index (χ0) is 23.1. The second-order valence-electron chi connectivity index (χ2n) is 11.9. The van der Waals surface area contributed by atoms with Crippen molar-refractivity contribution in [1.82, 2.24) is 5.32 Å². The molecule has 0 aromatic rings. The molecule has 2 saturated carbocycles. The van der Waals surface area contributed by atoms with E-state index in [0.29, 0.717) is 12.1 Å². The summed E-state index contributed by atoms with van der Waals surface area (Å²) >= 11 is 0. The fourth-order valence-electron chi connectivity index (χ4n) is 9.03. The van der Waals surface area contributed by atoms with Gasteiger partial charge in [-0.15, -0.1) is 0 Å². The van der Waals surface area contributed by atoms with Gasteiger partial charge in [0.05, 0.1) is 16.9 Å². The smallest absolute Gasteiger partial charge is 0.247 e. The molecule has 7 unspecified atom stereocenters. The number of ketones is 2. The highest BCUT2D eigenvalue weighted by atomic mass is 16.6. The number of epoxide rings is 1. The van der Waals surface area contributed by atoms with Crippen molar-refractivity contribution < 1.29 is 24.2 Å². The molecule has 3 fully saturated rings. The topological polar surface area (TPSA) is 96.0 Å². The maximum atomic E-state index is 14.1. The fourth-order valence-corrected chi connectivity index (χ4v) is 9.03. The largest absolute Gasteiger partial charge is 0.504 e. The Morgan fingerprint density at radius 3 is 2.50 bits per heavy atom. The van der Waals surface area contributed by atoms with Crippen LogP contribution >= 0.6 is 0 Å². The molecule has 2 aliphatic heterocycles. The molecule has 1 spiro atoms. The van der Waals surface area contributed by atoms with E-state index < -0.39 is 21.8 Å². The number of carbonyl (C=O) groups excluding carboxylic acids is 3. The van der Waals surface area contributed by atoms with Crippen LogP contribution in [0.2, 0.25) is 0 Å². The molecule has 170 valence electrons. The first-order chi connectivity index (χ1) is 14.9. The van der Waals surface area contributed by atoms with Crippen molar-refractivity contribution in [1.29, 1.82) is 0 Å². The first-order valence-corrected chi connectivity index (χ1v) is 11.8. The maximum Gasteiger partial charge on any atom is 0.247 e. The Morgan fingerprint density at radius 2 is 1.84 bits per heavy atom. The molecule has 6 heteroatoms. The SMILES string of the molecule is CC1(C)C(=O)C=CC2(C)C1=C(O)C(=O)C1(C)C2CCC2(C)C(C3=CCNC3=O)CC3OC321. The van der Waals surface area contributed by atoms with Gasteiger partial charge in [0, 0.05) is 22.9 Å². The van der Waals surface area contributed by atoms with Gasteiger partial charge in [0.25, 0.3) is 0 Å². The summed E-state index contributed by atoms with van der Waals surface area (Å²) < 4.78 is 6.46. The van der Waals surface area contributed by atoms with Gasteiger partial charge >= 0.3 is 0 Å². The van der Waals surface area contributed by atoms with Gasteiger partial charge in [-0.1, -0.05) is 26.0 Å². The number of aliphatic hydroxyl groups excluding tert-OH is 1. The third kappa shape index (κ3) is 1.82. The number of aliphatic hydroxyl groups is 1. The lowest BCUT2D eigenvalue weighted by atomic mass is 9.39. The zero-order valence-electron chi connectivity index (χ0n) is 19.4. The number of carbonyl (C=O) groups is 3. The van der Waals surface area contributed by atoms with Crippen molar-refractivity contribution in [2.24, 2.45) is 33.5 Å². The van der Waals surface area contributed by atoms with Crippen LogP contribution in [-0.2, 0) is 19.1 Å². The lowest BCUT2D eigenvalue weighted by Gasteiger charge is -2.62. The van der Waals surface area contributed by atoms with Crippen LogP contribution in [0.15, 0.2) is 35.1 Å². The summed E-state index contributed by atoms with van der Waals surface area (Å²) in [5.41, 5.74) is -2.19. The quantitative estimate of drug-likeness (QED) is 0.614. The van der Waals surface area contributed by atoms with Crippen molar-refractivity contribution in [3.8, 4) is 0 Å². The number of Topliss-reactive ketones (excluding diaryl/α,β-unsaturated/α-hetero) is 1. The molecule has 0 aromatic carbocycles. The molecule has 0 aromatic heterocycles. The molecule has 1 saturated heterocycles. The summed E-state index contributed by atoms with van der Waals surface area (Å²) in [6, 6.07) is 0. The lowest BCUT2D eigenvalue weighted by molar-refractivity contribution is -0.164. The molecule has 0 bridgehead atoms. The van der Waals surface area contributed by atoms with Gasteiger partial charge in [-0.25, -0.2) is 0 Å². The van der Waals surface area contributed by atoms with Crippen LogP contribution < -0.4 is 5.32 Å². The highest BCUT2D eigenvalue weighted by Crippen LogP contribution is 2.80. The standard InChI is InChI=1S/C26H31NO5/c1-22(2)16(28)7-9-23(3)15-6-10-24(4)14(13-8-11-27-21(13)31)12-17-26(24,32-17)25(15,5)20(30)18(29)19(22)23/h7-9,14-15,17,29H,6,10-12H2,1-5H3,(H,27,31). The molecule has 6 aliphatic rings. The molecule has 1 amide bonds. The minimum atomic E-state index is -0.933. The third-order valence-electron chi connectivity index (χ3n) is 10.4.